The van der Waals surface area contributed by atoms with Crippen LogP contribution in [0.4, 0.5) is 0 Å². The normalized spacial score (nSPS) is 13.6. The standard InChI is InChI=1S/C16H16ClN3O/c1-11-13-4-2-3-5-15(13)19-20(11)12-6-7-14(17)16(10-12)21-9-8-18/h6-7,10H,2-5,9H2,1H3. The van der Waals surface area contributed by atoms with Crippen LogP contribution in [0.1, 0.15) is 29.8 Å². The van der Waals surface area contributed by atoms with E-state index in [0.29, 0.717) is 10.8 Å². The number of halogens is 1. The van der Waals surface area contributed by atoms with E-state index < -0.39 is 0 Å². The number of hydrogen-bond acceptors (Lipinski definition) is 3. The largest absolute Gasteiger partial charge is 0.477 e. The Labute approximate surface area is 128 Å². The summed E-state index contributed by atoms with van der Waals surface area (Å²) in [4.78, 5) is 0. The van der Waals surface area contributed by atoms with Crippen molar-refractivity contribution in [1.82, 2.24) is 9.78 Å². The third-order valence-corrected chi connectivity index (χ3v) is 4.18. The summed E-state index contributed by atoms with van der Waals surface area (Å²) in [6, 6.07) is 7.49. The van der Waals surface area contributed by atoms with Crippen LogP contribution in [0.15, 0.2) is 18.2 Å². The van der Waals surface area contributed by atoms with Gasteiger partial charge in [0.05, 0.1) is 16.4 Å². The molecule has 1 aliphatic carbocycles. The minimum Gasteiger partial charge on any atom is -0.477 e. The first-order chi connectivity index (χ1) is 10.2. The molecule has 0 amide bonds. The van der Waals surface area contributed by atoms with Gasteiger partial charge in [0.1, 0.15) is 11.8 Å². The van der Waals surface area contributed by atoms with Gasteiger partial charge in [-0.3, -0.25) is 0 Å². The van der Waals surface area contributed by atoms with Crippen LogP contribution in [-0.2, 0) is 12.8 Å². The van der Waals surface area contributed by atoms with Gasteiger partial charge in [-0.25, -0.2) is 4.68 Å². The van der Waals surface area contributed by atoms with E-state index in [9.17, 15) is 0 Å². The number of benzene rings is 1. The predicted molar refractivity (Wildman–Crippen MR) is 81.1 cm³/mol. The Hall–Kier alpha value is -1.99. The fourth-order valence-corrected chi connectivity index (χ4v) is 2.98. The average Bonchev–Trinajstić information content (AvgIpc) is 2.84. The minimum absolute atomic E-state index is 0.0161. The Balaban J connectivity index is 2.01. The molecule has 0 radical (unpaired) electrons. The molecule has 0 N–H and O–H groups in total. The van der Waals surface area contributed by atoms with Gasteiger partial charge in [0.15, 0.2) is 6.61 Å². The molecule has 1 heterocycles. The molecule has 0 aliphatic heterocycles. The van der Waals surface area contributed by atoms with E-state index in [1.165, 1.54) is 29.8 Å². The van der Waals surface area contributed by atoms with Gasteiger partial charge < -0.3 is 4.74 Å². The highest BCUT2D eigenvalue weighted by atomic mass is 35.5. The van der Waals surface area contributed by atoms with E-state index in [4.69, 9.17) is 26.7 Å². The molecule has 4 nitrogen and oxygen atoms in total. The number of aryl methyl sites for hydroxylation is 1. The van der Waals surface area contributed by atoms with Gasteiger partial charge in [-0.1, -0.05) is 11.6 Å². The van der Waals surface area contributed by atoms with Crippen molar-refractivity contribution in [3.8, 4) is 17.5 Å². The highest BCUT2D eigenvalue weighted by Crippen LogP contribution is 2.30. The van der Waals surface area contributed by atoms with Gasteiger partial charge in [-0.2, -0.15) is 10.4 Å². The van der Waals surface area contributed by atoms with Crippen LogP contribution in [-0.4, -0.2) is 16.4 Å². The van der Waals surface area contributed by atoms with Crippen molar-refractivity contribution in [3.63, 3.8) is 0 Å². The third kappa shape index (κ3) is 2.62. The highest BCUT2D eigenvalue weighted by molar-refractivity contribution is 6.32. The van der Waals surface area contributed by atoms with Crippen molar-refractivity contribution >= 4 is 11.6 Å². The Morgan fingerprint density at radius 2 is 2.19 bits per heavy atom. The van der Waals surface area contributed by atoms with Crippen molar-refractivity contribution < 1.29 is 4.74 Å². The number of nitrogens with zero attached hydrogens (tertiary/aromatic N) is 3. The molecule has 5 heteroatoms. The molecule has 0 bridgehead atoms. The van der Waals surface area contributed by atoms with Crippen LogP contribution in [0, 0.1) is 18.3 Å². The van der Waals surface area contributed by atoms with Gasteiger partial charge in [-0.05, 0) is 50.3 Å². The minimum atomic E-state index is -0.0161. The van der Waals surface area contributed by atoms with Crippen molar-refractivity contribution in [2.24, 2.45) is 0 Å². The summed E-state index contributed by atoms with van der Waals surface area (Å²) in [7, 11) is 0. The smallest absolute Gasteiger partial charge is 0.174 e. The predicted octanol–water partition coefficient (Wildman–Crippen LogP) is 3.62. The van der Waals surface area contributed by atoms with Gasteiger partial charge in [-0.15, -0.1) is 0 Å². The average molecular weight is 302 g/mol. The SMILES string of the molecule is Cc1c2c(nn1-c1ccc(Cl)c(OCC#N)c1)CCCC2. The first kappa shape index (κ1) is 14.0. The van der Waals surface area contributed by atoms with Crippen LogP contribution >= 0.6 is 11.6 Å². The summed E-state index contributed by atoms with van der Waals surface area (Å²) in [6.07, 6.45) is 4.60. The monoisotopic (exact) mass is 301 g/mol. The number of rotatable bonds is 3. The molecule has 2 aromatic rings. The molecule has 1 aromatic carbocycles. The molecule has 0 atom stereocenters. The van der Waals surface area contributed by atoms with E-state index in [2.05, 4.69) is 6.92 Å². The molecule has 0 saturated heterocycles. The van der Waals surface area contributed by atoms with Crippen molar-refractivity contribution in [2.45, 2.75) is 32.6 Å². The Bertz CT molecular complexity index is 715. The summed E-state index contributed by atoms with van der Waals surface area (Å²) in [5, 5.41) is 13.9. The lowest BCUT2D eigenvalue weighted by atomic mass is 9.96. The summed E-state index contributed by atoms with van der Waals surface area (Å²) in [6.45, 7) is 2.08. The number of nitriles is 1. The zero-order valence-corrected chi connectivity index (χ0v) is 12.7. The molecule has 21 heavy (non-hydrogen) atoms. The molecule has 3 rings (SSSR count). The second-order valence-corrected chi connectivity index (χ2v) is 5.60. The van der Waals surface area contributed by atoms with E-state index in [0.717, 1.165) is 18.5 Å². The zero-order chi connectivity index (χ0) is 14.8. The Morgan fingerprint density at radius 3 is 2.95 bits per heavy atom. The maximum atomic E-state index is 8.62. The first-order valence-corrected chi connectivity index (χ1v) is 7.45. The van der Waals surface area contributed by atoms with E-state index in [1.54, 1.807) is 6.07 Å². The highest BCUT2D eigenvalue weighted by Gasteiger charge is 2.19. The molecule has 0 saturated carbocycles. The fourth-order valence-electron chi connectivity index (χ4n) is 2.81. The van der Waals surface area contributed by atoms with Crippen LogP contribution in [0.5, 0.6) is 5.75 Å². The number of fused-ring (bicyclic) bond motifs is 1. The Kier molecular flexibility index (Phi) is 3.85. The summed E-state index contributed by atoms with van der Waals surface area (Å²) in [5.41, 5.74) is 4.67. The quantitative estimate of drug-likeness (QED) is 0.870. The zero-order valence-electron chi connectivity index (χ0n) is 11.9. The molecule has 1 aromatic heterocycles. The van der Waals surface area contributed by atoms with Gasteiger partial charge in [0.25, 0.3) is 0 Å². The van der Waals surface area contributed by atoms with E-state index in [1.807, 2.05) is 22.9 Å². The van der Waals surface area contributed by atoms with Gasteiger partial charge in [0, 0.05) is 11.8 Å². The number of ether oxygens (including phenoxy) is 1. The summed E-state index contributed by atoms with van der Waals surface area (Å²) >= 11 is 6.10. The second kappa shape index (κ2) is 5.79. The summed E-state index contributed by atoms with van der Waals surface area (Å²) < 4.78 is 7.31. The lowest BCUT2D eigenvalue weighted by molar-refractivity contribution is 0.368. The van der Waals surface area contributed by atoms with E-state index in [-0.39, 0.29) is 6.61 Å². The summed E-state index contributed by atoms with van der Waals surface area (Å²) in [5.74, 6) is 0.517. The molecule has 0 unspecified atom stereocenters. The molecule has 108 valence electrons. The van der Waals surface area contributed by atoms with Crippen LogP contribution in [0.2, 0.25) is 5.02 Å². The molecule has 1 aliphatic rings. The van der Waals surface area contributed by atoms with Crippen LogP contribution in [0.25, 0.3) is 5.69 Å². The molecule has 0 spiro atoms. The van der Waals surface area contributed by atoms with Crippen LogP contribution < -0.4 is 4.74 Å². The maximum absolute atomic E-state index is 8.62. The number of aromatic nitrogens is 2. The van der Waals surface area contributed by atoms with E-state index >= 15 is 0 Å². The maximum Gasteiger partial charge on any atom is 0.174 e. The Morgan fingerprint density at radius 1 is 1.38 bits per heavy atom. The molecular formula is C16H16ClN3O. The molecule has 0 fully saturated rings. The fraction of sp³-hybridized carbons (Fsp3) is 0.375. The van der Waals surface area contributed by atoms with Crippen molar-refractivity contribution in [2.75, 3.05) is 6.61 Å². The first-order valence-electron chi connectivity index (χ1n) is 7.07. The van der Waals surface area contributed by atoms with Gasteiger partial charge in [0.2, 0.25) is 0 Å². The number of hydrogen-bond donors (Lipinski definition) is 0. The third-order valence-electron chi connectivity index (χ3n) is 3.87. The van der Waals surface area contributed by atoms with Crippen molar-refractivity contribution in [3.05, 3.63) is 40.2 Å². The second-order valence-electron chi connectivity index (χ2n) is 5.19. The molecular weight excluding hydrogens is 286 g/mol. The lowest BCUT2D eigenvalue weighted by Gasteiger charge is -2.10. The van der Waals surface area contributed by atoms with Gasteiger partial charge >= 0.3 is 0 Å². The van der Waals surface area contributed by atoms with Crippen LogP contribution in [0.3, 0.4) is 0 Å². The van der Waals surface area contributed by atoms with Crippen molar-refractivity contribution in [1.29, 1.82) is 5.26 Å². The topological polar surface area (TPSA) is 50.8 Å². The lowest BCUT2D eigenvalue weighted by Crippen LogP contribution is -2.01.